The zero-order chi connectivity index (χ0) is 19.4. The molecule has 1 aromatic carbocycles. The Morgan fingerprint density at radius 2 is 1.46 bits per heavy atom. The average Bonchev–Trinajstić information content (AvgIpc) is 2.61. The highest BCUT2D eigenvalue weighted by molar-refractivity contribution is 6.48. The third-order valence-corrected chi connectivity index (χ3v) is 4.64. The van der Waals surface area contributed by atoms with Crippen LogP contribution >= 0.6 is 23.2 Å². The molecular formula is C19H19Cl2NO4. The zero-order valence-electron chi connectivity index (χ0n) is 14.9. The maximum absolute atomic E-state index is 12.3. The number of nitrogens with one attached hydrogen (secondary N) is 1. The number of methoxy groups -OCH3 is 2. The monoisotopic (exact) mass is 395 g/mol. The third kappa shape index (κ3) is 4.11. The molecule has 0 radical (unpaired) electrons. The van der Waals surface area contributed by atoms with E-state index in [0.29, 0.717) is 38.2 Å². The Morgan fingerprint density at radius 1 is 1.00 bits per heavy atom. The number of carbonyl (C=O) groups excluding carboxylic acids is 2. The van der Waals surface area contributed by atoms with Gasteiger partial charge in [0.05, 0.1) is 25.4 Å². The van der Waals surface area contributed by atoms with Crippen molar-refractivity contribution in [3.8, 4) is 0 Å². The lowest BCUT2D eigenvalue weighted by molar-refractivity contribution is -0.137. The van der Waals surface area contributed by atoms with Crippen LogP contribution < -0.4 is 5.32 Å². The van der Waals surface area contributed by atoms with E-state index in [1.54, 1.807) is 44.2 Å². The molecule has 0 bridgehead atoms. The molecule has 5 nitrogen and oxygen atoms in total. The van der Waals surface area contributed by atoms with Crippen molar-refractivity contribution in [2.24, 2.45) is 5.92 Å². The molecule has 7 heteroatoms. The first-order chi connectivity index (χ1) is 12.3. The third-order valence-electron chi connectivity index (χ3n) is 4.05. The Balaban J connectivity index is 2.60. The van der Waals surface area contributed by atoms with Gasteiger partial charge in [-0.2, -0.15) is 0 Å². The molecule has 1 aromatic rings. The van der Waals surface area contributed by atoms with Gasteiger partial charge < -0.3 is 14.8 Å². The van der Waals surface area contributed by atoms with Gasteiger partial charge in [0.15, 0.2) is 0 Å². The first-order valence-electron chi connectivity index (χ1n) is 7.78. The molecule has 26 heavy (non-hydrogen) atoms. The smallest absolute Gasteiger partial charge is 0.336 e. The molecule has 0 amide bonds. The highest BCUT2D eigenvalue weighted by Gasteiger charge is 2.35. The van der Waals surface area contributed by atoms with E-state index in [1.165, 1.54) is 14.2 Å². The summed E-state index contributed by atoms with van der Waals surface area (Å²) in [5.41, 5.74) is 2.47. The Morgan fingerprint density at radius 3 is 1.88 bits per heavy atom. The van der Waals surface area contributed by atoms with E-state index in [9.17, 15) is 9.59 Å². The summed E-state index contributed by atoms with van der Waals surface area (Å²) in [6, 6.07) is 6.93. The molecule has 1 aliphatic heterocycles. The maximum Gasteiger partial charge on any atom is 0.336 e. The Labute approximate surface area is 162 Å². The van der Waals surface area contributed by atoms with Gasteiger partial charge in [-0.3, -0.25) is 0 Å². The summed E-state index contributed by atoms with van der Waals surface area (Å²) >= 11 is 12.4. The van der Waals surface area contributed by atoms with Crippen molar-refractivity contribution in [3.05, 3.63) is 63.5 Å². The number of hydrogen-bond donors (Lipinski definition) is 1. The molecule has 0 saturated heterocycles. The fourth-order valence-electron chi connectivity index (χ4n) is 2.83. The fraction of sp³-hybridized carbons (Fsp3) is 0.263. The fourth-order valence-corrected chi connectivity index (χ4v) is 3.20. The standard InChI is InChI=1S/C19H19Cl2NO4/c1-10-16(18(23)25-3)14(17(11(2)22-10)19(24)26-4)9-15(21)12-5-7-13(20)8-6-12/h5-9,14,22H,1-4H3/b15-9+. The summed E-state index contributed by atoms with van der Waals surface area (Å²) in [4.78, 5) is 24.7. The van der Waals surface area contributed by atoms with E-state index < -0.39 is 17.9 Å². The topological polar surface area (TPSA) is 64.6 Å². The van der Waals surface area contributed by atoms with Crippen molar-refractivity contribution in [2.45, 2.75) is 13.8 Å². The predicted octanol–water partition coefficient (Wildman–Crippen LogP) is 4.03. The lowest BCUT2D eigenvalue weighted by Gasteiger charge is -2.28. The van der Waals surface area contributed by atoms with Crippen molar-refractivity contribution < 1.29 is 19.1 Å². The number of carbonyl (C=O) groups is 2. The van der Waals surface area contributed by atoms with Crippen molar-refractivity contribution >= 4 is 40.2 Å². The van der Waals surface area contributed by atoms with Crippen LogP contribution in [0.4, 0.5) is 0 Å². The molecule has 0 aromatic heterocycles. The van der Waals surface area contributed by atoms with Crippen LogP contribution in [-0.2, 0) is 19.1 Å². The van der Waals surface area contributed by atoms with Crippen LogP contribution in [0.15, 0.2) is 52.9 Å². The minimum absolute atomic E-state index is 0.297. The number of halogens is 2. The number of dihydropyridines is 1. The molecule has 1 N–H and O–H groups in total. The van der Waals surface area contributed by atoms with Gasteiger partial charge in [0, 0.05) is 27.4 Å². The van der Waals surface area contributed by atoms with E-state index in [4.69, 9.17) is 32.7 Å². The van der Waals surface area contributed by atoms with Gasteiger partial charge in [-0.05, 0) is 31.5 Å². The van der Waals surface area contributed by atoms with E-state index in [1.807, 2.05) is 0 Å². The van der Waals surface area contributed by atoms with Crippen LogP contribution in [0.25, 0.3) is 5.03 Å². The van der Waals surface area contributed by atoms with Gasteiger partial charge >= 0.3 is 11.9 Å². The second kappa shape index (κ2) is 8.43. The number of hydrogen-bond acceptors (Lipinski definition) is 5. The molecule has 2 rings (SSSR count). The second-order valence-corrected chi connectivity index (χ2v) is 6.53. The van der Waals surface area contributed by atoms with E-state index >= 15 is 0 Å². The average molecular weight is 396 g/mol. The van der Waals surface area contributed by atoms with Crippen molar-refractivity contribution in [1.29, 1.82) is 0 Å². The molecule has 0 aliphatic carbocycles. The minimum atomic E-state index is -0.709. The lowest BCUT2D eigenvalue weighted by atomic mass is 9.84. The van der Waals surface area contributed by atoms with Crippen molar-refractivity contribution in [1.82, 2.24) is 5.32 Å². The summed E-state index contributed by atoms with van der Waals surface area (Å²) in [7, 11) is 2.57. The van der Waals surface area contributed by atoms with E-state index in [2.05, 4.69) is 5.32 Å². The van der Waals surface area contributed by atoms with E-state index in [0.717, 1.165) is 0 Å². The van der Waals surface area contributed by atoms with Gasteiger partial charge in [0.2, 0.25) is 0 Å². The van der Waals surface area contributed by atoms with Gasteiger partial charge in [-0.25, -0.2) is 9.59 Å². The summed E-state index contributed by atoms with van der Waals surface area (Å²) < 4.78 is 9.78. The highest BCUT2D eigenvalue weighted by atomic mass is 35.5. The largest absolute Gasteiger partial charge is 0.466 e. The number of esters is 2. The Kier molecular flexibility index (Phi) is 6.51. The molecular weight excluding hydrogens is 377 g/mol. The lowest BCUT2D eigenvalue weighted by Crippen LogP contribution is -2.32. The van der Waals surface area contributed by atoms with Crippen LogP contribution in [-0.4, -0.2) is 26.2 Å². The number of allylic oxidation sites excluding steroid dienone is 3. The Hall–Kier alpha value is -2.24. The van der Waals surface area contributed by atoms with Gasteiger partial charge in [0.25, 0.3) is 0 Å². The van der Waals surface area contributed by atoms with Crippen molar-refractivity contribution in [3.63, 3.8) is 0 Å². The number of rotatable bonds is 4. The van der Waals surface area contributed by atoms with Crippen LogP contribution in [0.5, 0.6) is 0 Å². The highest BCUT2D eigenvalue weighted by Crippen LogP contribution is 2.35. The first kappa shape index (κ1) is 20.1. The minimum Gasteiger partial charge on any atom is -0.466 e. The quantitative estimate of drug-likeness (QED) is 0.779. The normalized spacial score (nSPS) is 15.7. The zero-order valence-corrected chi connectivity index (χ0v) is 16.4. The summed E-state index contributed by atoms with van der Waals surface area (Å²) in [5, 5.41) is 3.98. The van der Waals surface area contributed by atoms with Crippen LogP contribution in [0.2, 0.25) is 5.02 Å². The molecule has 0 saturated carbocycles. The van der Waals surface area contributed by atoms with Crippen LogP contribution in [0.3, 0.4) is 0 Å². The van der Waals surface area contributed by atoms with Crippen LogP contribution in [0, 0.1) is 5.92 Å². The Bertz CT molecular complexity index is 784. The number of benzene rings is 1. The second-order valence-electron chi connectivity index (χ2n) is 5.68. The maximum atomic E-state index is 12.3. The number of ether oxygens (including phenoxy) is 2. The summed E-state index contributed by atoms with van der Waals surface area (Å²) in [6.45, 7) is 3.47. The molecule has 0 spiro atoms. The van der Waals surface area contributed by atoms with E-state index in [-0.39, 0.29) is 0 Å². The molecule has 1 heterocycles. The molecule has 1 aliphatic rings. The van der Waals surface area contributed by atoms with Gasteiger partial charge in [0.1, 0.15) is 0 Å². The SMILES string of the molecule is COC(=O)C1=C(C)NC(C)=C(C(=O)OC)C1/C=C(/Cl)c1ccc(Cl)cc1. The molecule has 0 atom stereocenters. The van der Waals surface area contributed by atoms with Gasteiger partial charge in [-0.1, -0.05) is 41.4 Å². The molecule has 0 unspecified atom stereocenters. The molecule has 0 fully saturated rings. The predicted molar refractivity (Wildman–Crippen MR) is 101 cm³/mol. The summed E-state index contributed by atoms with van der Waals surface area (Å²) in [6.07, 6.45) is 1.64. The van der Waals surface area contributed by atoms with Crippen LogP contribution in [0.1, 0.15) is 19.4 Å². The van der Waals surface area contributed by atoms with Gasteiger partial charge in [-0.15, -0.1) is 0 Å². The summed E-state index contributed by atoms with van der Waals surface area (Å²) in [5.74, 6) is -1.81. The first-order valence-corrected chi connectivity index (χ1v) is 8.54. The van der Waals surface area contributed by atoms with Crippen molar-refractivity contribution in [2.75, 3.05) is 14.2 Å². The molecule has 138 valence electrons.